The van der Waals surface area contributed by atoms with Crippen LogP contribution in [0.4, 0.5) is 11.4 Å². The average molecular weight is 546 g/mol. The molecule has 206 valence electrons. The maximum absolute atomic E-state index is 12.0. The number of ether oxygens (including phenoxy) is 1. The Hall–Kier alpha value is -2.73. The van der Waals surface area contributed by atoms with Gasteiger partial charge in [0, 0.05) is 37.4 Å². The first-order chi connectivity index (χ1) is 18.9. The van der Waals surface area contributed by atoms with Gasteiger partial charge in [-0.2, -0.15) is 5.10 Å². The molecule has 4 aliphatic rings. The number of para-hydroxylation sites is 1. The lowest BCUT2D eigenvalue weighted by molar-refractivity contribution is 0.0742. The maximum atomic E-state index is 12.0. The van der Waals surface area contributed by atoms with Gasteiger partial charge in [0.2, 0.25) is 0 Å². The number of fused-ring (bicyclic) bond motifs is 1. The zero-order valence-corrected chi connectivity index (χ0v) is 24.4. The van der Waals surface area contributed by atoms with Crippen molar-refractivity contribution in [3.8, 4) is 0 Å². The summed E-state index contributed by atoms with van der Waals surface area (Å²) in [6.45, 7) is 11.6. The van der Waals surface area contributed by atoms with Crippen molar-refractivity contribution >= 4 is 30.2 Å². The van der Waals surface area contributed by atoms with Crippen molar-refractivity contribution in [2.75, 3.05) is 44.2 Å². The van der Waals surface area contributed by atoms with E-state index < -0.39 is 7.36 Å². The second-order valence-electron chi connectivity index (χ2n) is 11.9. The highest BCUT2D eigenvalue weighted by atomic mass is 31.2. The summed E-state index contributed by atoms with van der Waals surface area (Å²) in [6, 6.07) is 18.4. The number of rotatable bonds is 5. The van der Waals surface area contributed by atoms with Gasteiger partial charge in [-0.1, -0.05) is 32.0 Å². The van der Waals surface area contributed by atoms with Crippen LogP contribution in [-0.4, -0.2) is 60.5 Å². The van der Waals surface area contributed by atoms with Gasteiger partial charge >= 0.3 is 0 Å². The maximum Gasteiger partial charge on any atom is 0.180 e. The molecule has 0 unspecified atom stereocenters. The van der Waals surface area contributed by atoms with E-state index in [1.54, 1.807) is 6.92 Å². The molecule has 39 heavy (non-hydrogen) atoms. The number of likely N-dealkylation sites (tertiary alicyclic amines) is 1. The first-order valence-electron chi connectivity index (χ1n) is 14.4. The second-order valence-corrected chi connectivity index (χ2v) is 14.6. The average Bonchev–Trinajstić information content (AvgIpc) is 3.28. The standard InChI is InChI=1S/C31H40N5O2P/c1-24(37)25-12-14-26(15-13-25)33-39(35-18-20-38-21-19-35)30-28(32-36(39)27-10-6-4-7-11-27)22-31(2,3)23-29(30)34-16-8-5-9-17-34/h4,6-7,10-15H,5,8-9,16-23H2,1-3H3/t39-/m0/s1. The third kappa shape index (κ3) is 5.01. The zero-order valence-electron chi connectivity index (χ0n) is 23.5. The lowest BCUT2D eigenvalue weighted by Gasteiger charge is -2.45. The fraction of sp³-hybridized carbons (Fsp3) is 0.484. The Kier molecular flexibility index (Phi) is 7.26. The Morgan fingerprint density at radius 2 is 1.62 bits per heavy atom. The Morgan fingerprint density at radius 1 is 0.923 bits per heavy atom. The molecule has 0 spiro atoms. The van der Waals surface area contributed by atoms with Crippen molar-refractivity contribution < 1.29 is 9.53 Å². The highest BCUT2D eigenvalue weighted by Crippen LogP contribution is 2.72. The van der Waals surface area contributed by atoms with Gasteiger partial charge in [-0.3, -0.25) is 4.79 Å². The van der Waals surface area contributed by atoms with Crippen molar-refractivity contribution in [1.29, 1.82) is 0 Å². The lowest BCUT2D eigenvalue weighted by Crippen LogP contribution is -2.40. The van der Waals surface area contributed by atoms with Gasteiger partial charge < -0.3 is 9.64 Å². The van der Waals surface area contributed by atoms with Crippen LogP contribution < -0.4 is 4.78 Å². The Labute approximate surface area is 232 Å². The van der Waals surface area contributed by atoms with E-state index >= 15 is 0 Å². The molecule has 0 aromatic heterocycles. The molecule has 2 aromatic rings. The van der Waals surface area contributed by atoms with Crippen LogP contribution in [-0.2, 0) is 4.74 Å². The third-order valence-corrected chi connectivity index (χ3v) is 11.9. The van der Waals surface area contributed by atoms with Crippen LogP contribution in [0, 0.1) is 5.41 Å². The predicted molar refractivity (Wildman–Crippen MR) is 160 cm³/mol. The van der Waals surface area contributed by atoms with E-state index in [2.05, 4.69) is 58.5 Å². The van der Waals surface area contributed by atoms with E-state index in [0.29, 0.717) is 18.8 Å². The van der Waals surface area contributed by atoms with Gasteiger partial charge in [-0.15, -0.1) is 0 Å². The Morgan fingerprint density at radius 3 is 2.28 bits per heavy atom. The number of ketones is 1. The Balaban J connectivity index is 1.65. The normalized spacial score (nSPS) is 25.4. The number of carbonyl (C=O) groups excluding carboxylic acids is 1. The van der Waals surface area contributed by atoms with Crippen LogP contribution in [0.25, 0.3) is 0 Å². The van der Waals surface area contributed by atoms with E-state index in [1.165, 1.54) is 36.0 Å². The number of carbonyl (C=O) groups is 1. The molecule has 1 atom stereocenters. The van der Waals surface area contributed by atoms with Gasteiger partial charge in [0.05, 0.1) is 35.6 Å². The van der Waals surface area contributed by atoms with Gasteiger partial charge in [0.15, 0.2) is 13.1 Å². The number of hydrazone groups is 1. The van der Waals surface area contributed by atoms with Crippen LogP contribution in [0.5, 0.6) is 0 Å². The zero-order chi connectivity index (χ0) is 27.0. The number of Topliss-reactive ketones (excluding diaryl/α,β-unsaturated/α-hetero) is 1. The quantitative estimate of drug-likeness (QED) is 0.292. The molecule has 8 heteroatoms. The molecule has 3 aliphatic heterocycles. The van der Waals surface area contributed by atoms with Crippen molar-refractivity contribution in [3.63, 3.8) is 0 Å². The van der Waals surface area contributed by atoms with Crippen LogP contribution in [0.1, 0.15) is 63.2 Å². The number of benzene rings is 2. The summed E-state index contributed by atoms with van der Waals surface area (Å²) in [5.41, 5.74) is 5.46. The van der Waals surface area contributed by atoms with Crippen LogP contribution in [0.15, 0.2) is 75.5 Å². The number of nitrogens with zero attached hydrogens (tertiary/aromatic N) is 5. The number of allylic oxidation sites excluding steroid dienone is 2. The first kappa shape index (κ1) is 26.5. The molecule has 6 rings (SSSR count). The minimum Gasteiger partial charge on any atom is -0.379 e. The van der Waals surface area contributed by atoms with Crippen LogP contribution in [0.2, 0.25) is 0 Å². The van der Waals surface area contributed by atoms with Gasteiger partial charge in [0.25, 0.3) is 0 Å². The predicted octanol–water partition coefficient (Wildman–Crippen LogP) is 7.28. The molecule has 0 saturated carbocycles. The van der Waals surface area contributed by atoms with E-state index in [-0.39, 0.29) is 11.2 Å². The van der Waals surface area contributed by atoms with E-state index in [0.717, 1.165) is 50.4 Å². The summed E-state index contributed by atoms with van der Waals surface area (Å²) >= 11 is 0. The first-order valence-corrected chi connectivity index (χ1v) is 16.0. The summed E-state index contributed by atoms with van der Waals surface area (Å²) in [7, 11) is -2.56. The topological polar surface area (TPSA) is 60.7 Å². The van der Waals surface area contributed by atoms with Crippen LogP contribution >= 0.6 is 7.36 Å². The fourth-order valence-electron chi connectivity index (χ4n) is 6.38. The van der Waals surface area contributed by atoms with Crippen molar-refractivity contribution in [1.82, 2.24) is 9.57 Å². The number of anilines is 1. The van der Waals surface area contributed by atoms with Gasteiger partial charge in [-0.05, 0) is 80.8 Å². The summed E-state index contributed by atoms with van der Waals surface area (Å²) in [5, 5.41) is 6.84. The van der Waals surface area contributed by atoms with Crippen molar-refractivity contribution in [2.24, 2.45) is 15.3 Å². The fourth-order valence-corrected chi connectivity index (χ4v) is 10.3. The highest BCUT2D eigenvalue weighted by Gasteiger charge is 2.51. The second kappa shape index (κ2) is 10.7. The van der Waals surface area contributed by atoms with Crippen molar-refractivity contribution in [2.45, 2.75) is 52.9 Å². The summed E-state index contributed by atoms with van der Waals surface area (Å²) in [4.78, 5) is 14.7. The summed E-state index contributed by atoms with van der Waals surface area (Å²) in [5.74, 6) is 0.0706. The third-order valence-electron chi connectivity index (χ3n) is 8.25. The van der Waals surface area contributed by atoms with Gasteiger partial charge in [0.1, 0.15) is 0 Å². The molecular formula is C31H40N5O2P. The van der Waals surface area contributed by atoms with Crippen molar-refractivity contribution in [3.05, 3.63) is 71.2 Å². The molecule has 0 amide bonds. The molecule has 2 fully saturated rings. The molecule has 1 aliphatic carbocycles. The number of piperidine rings is 1. The minimum absolute atomic E-state index is 0.0706. The molecule has 0 radical (unpaired) electrons. The molecule has 3 heterocycles. The minimum atomic E-state index is -2.56. The molecule has 7 nitrogen and oxygen atoms in total. The monoisotopic (exact) mass is 545 g/mol. The molecule has 2 aromatic carbocycles. The summed E-state index contributed by atoms with van der Waals surface area (Å²) in [6.07, 6.45) is 5.75. The lowest BCUT2D eigenvalue weighted by atomic mass is 9.78. The summed E-state index contributed by atoms with van der Waals surface area (Å²) < 4.78 is 16.5. The Bertz CT molecular complexity index is 1340. The SMILES string of the molecule is CC(=O)c1ccc(N=[P@]2(N3CCOCC3)C3=C(N4CCCCC4)CC(C)(C)CC3=NN2c2ccccc2)cc1. The number of hydrogen-bond acceptors (Lipinski definition) is 5. The van der Waals surface area contributed by atoms with E-state index in [4.69, 9.17) is 14.6 Å². The van der Waals surface area contributed by atoms with Gasteiger partial charge in [-0.25, -0.2) is 14.2 Å². The number of morpholine rings is 1. The van der Waals surface area contributed by atoms with E-state index in [1.807, 2.05) is 24.3 Å². The molecular weight excluding hydrogens is 505 g/mol. The molecule has 0 N–H and O–H groups in total. The largest absolute Gasteiger partial charge is 0.379 e. The van der Waals surface area contributed by atoms with Crippen LogP contribution in [0.3, 0.4) is 0 Å². The number of hydrogen-bond donors (Lipinski definition) is 0. The smallest absolute Gasteiger partial charge is 0.180 e. The highest BCUT2D eigenvalue weighted by molar-refractivity contribution is 7.71. The molecule has 0 bridgehead atoms. The van der Waals surface area contributed by atoms with E-state index in [9.17, 15) is 4.79 Å². The molecule has 2 saturated heterocycles.